The summed E-state index contributed by atoms with van der Waals surface area (Å²) in [5.74, 6) is 0.911. The maximum Gasteiger partial charge on any atom is 0.136 e. The lowest BCUT2D eigenvalue weighted by atomic mass is 9.86. The van der Waals surface area contributed by atoms with Gasteiger partial charge < -0.3 is 4.42 Å². The van der Waals surface area contributed by atoms with E-state index >= 15 is 0 Å². The van der Waals surface area contributed by atoms with Gasteiger partial charge >= 0.3 is 0 Å². The zero-order chi connectivity index (χ0) is 24.3. The Balaban J connectivity index is 1.43. The van der Waals surface area contributed by atoms with Crippen LogP contribution < -0.4 is 0 Å². The summed E-state index contributed by atoms with van der Waals surface area (Å²) in [5, 5.41) is 8.75. The lowest BCUT2D eigenvalue weighted by Gasteiger charge is -2.17. The van der Waals surface area contributed by atoms with Crippen molar-refractivity contribution in [3.8, 4) is 33.6 Å². The Labute approximate surface area is 214 Å². The second-order valence-corrected chi connectivity index (χ2v) is 9.71. The minimum atomic E-state index is 0.911. The molecule has 0 saturated carbocycles. The topological polar surface area (TPSA) is 13.1 Å². The second kappa shape index (κ2) is 7.81. The van der Waals surface area contributed by atoms with E-state index in [9.17, 15) is 0 Å². The molecule has 0 atom stereocenters. The highest BCUT2D eigenvalue weighted by atomic mass is 16.3. The molecule has 0 aliphatic heterocycles. The molecule has 8 rings (SSSR count). The lowest BCUT2D eigenvalue weighted by molar-refractivity contribution is 0.632. The first-order valence-electron chi connectivity index (χ1n) is 12.7. The third-order valence-corrected chi connectivity index (χ3v) is 7.66. The standard InChI is InChI=1S/C36H22O/c1-2-8-23(9-3-1)27-11-5-6-12-28(27)29-18-14-24-17-21-32-30(34-22-26-10-4-7-13-33(26)37-34)19-15-25-16-20-31(29)35(24)36(25)32/h1-22H. The molecular weight excluding hydrogens is 448 g/mol. The molecule has 0 amide bonds. The van der Waals surface area contributed by atoms with E-state index in [1.54, 1.807) is 0 Å². The van der Waals surface area contributed by atoms with Crippen LogP contribution >= 0.6 is 0 Å². The number of hydrogen-bond acceptors (Lipinski definition) is 1. The molecule has 172 valence electrons. The molecule has 0 unspecified atom stereocenters. The van der Waals surface area contributed by atoms with Gasteiger partial charge in [-0.25, -0.2) is 0 Å². The Morgan fingerprint density at radius 1 is 0.378 bits per heavy atom. The Kier molecular flexibility index (Phi) is 4.29. The van der Waals surface area contributed by atoms with Gasteiger partial charge in [-0.2, -0.15) is 0 Å². The molecule has 1 heterocycles. The van der Waals surface area contributed by atoms with Crippen LogP contribution in [0, 0.1) is 0 Å². The van der Waals surface area contributed by atoms with Crippen molar-refractivity contribution in [3.63, 3.8) is 0 Å². The quantitative estimate of drug-likeness (QED) is 0.234. The fourth-order valence-electron chi connectivity index (χ4n) is 5.95. The van der Waals surface area contributed by atoms with Crippen LogP contribution in [0.4, 0.5) is 0 Å². The molecule has 7 aromatic carbocycles. The van der Waals surface area contributed by atoms with Gasteiger partial charge in [0, 0.05) is 10.9 Å². The van der Waals surface area contributed by atoms with Gasteiger partial charge in [-0.05, 0) is 72.8 Å². The molecule has 0 fully saturated rings. The first-order chi connectivity index (χ1) is 18.3. The number of benzene rings is 7. The Morgan fingerprint density at radius 2 is 0.973 bits per heavy atom. The van der Waals surface area contributed by atoms with Crippen molar-refractivity contribution in [1.29, 1.82) is 0 Å². The molecule has 0 bridgehead atoms. The normalized spacial score (nSPS) is 11.8. The van der Waals surface area contributed by atoms with E-state index < -0.39 is 0 Å². The van der Waals surface area contributed by atoms with Crippen molar-refractivity contribution >= 4 is 43.3 Å². The molecule has 0 saturated heterocycles. The Hall–Kier alpha value is -4.88. The fraction of sp³-hybridized carbons (Fsp3) is 0. The Bertz CT molecular complexity index is 2050. The first kappa shape index (κ1) is 20.3. The molecular formula is C36H22O. The summed E-state index contributed by atoms with van der Waals surface area (Å²) in [7, 11) is 0. The zero-order valence-corrected chi connectivity index (χ0v) is 20.1. The zero-order valence-electron chi connectivity index (χ0n) is 20.1. The number of furan rings is 1. The van der Waals surface area contributed by atoms with Gasteiger partial charge in [-0.3, -0.25) is 0 Å². The smallest absolute Gasteiger partial charge is 0.136 e. The minimum Gasteiger partial charge on any atom is -0.456 e. The van der Waals surface area contributed by atoms with Gasteiger partial charge in [-0.1, -0.05) is 115 Å². The summed E-state index contributed by atoms with van der Waals surface area (Å²) in [6, 6.07) is 47.8. The van der Waals surface area contributed by atoms with Gasteiger partial charge in [0.05, 0.1) is 0 Å². The van der Waals surface area contributed by atoms with Gasteiger partial charge in [-0.15, -0.1) is 0 Å². The largest absolute Gasteiger partial charge is 0.456 e. The predicted molar refractivity (Wildman–Crippen MR) is 156 cm³/mol. The second-order valence-electron chi connectivity index (χ2n) is 9.71. The van der Waals surface area contributed by atoms with E-state index in [1.807, 2.05) is 12.1 Å². The summed E-state index contributed by atoms with van der Waals surface area (Å²) < 4.78 is 6.30. The molecule has 37 heavy (non-hydrogen) atoms. The van der Waals surface area contributed by atoms with E-state index in [4.69, 9.17) is 4.42 Å². The fourth-order valence-corrected chi connectivity index (χ4v) is 5.95. The Morgan fingerprint density at radius 3 is 1.73 bits per heavy atom. The van der Waals surface area contributed by atoms with Crippen molar-refractivity contribution in [3.05, 3.63) is 133 Å². The highest BCUT2D eigenvalue weighted by Gasteiger charge is 2.17. The van der Waals surface area contributed by atoms with Crippen LogP contribution in [0.25, 0.3) is 76.9 Å². The maximum atomic E-state index is 6.30. The third kappa shape index (κ3) is 3.04. The van der Waals surface area contributed by atoms with Gasteiger partial charge in [0.25, 0.3) is 0 Å². The minimum absolute atomic E-state index is 0.911. The van der Waals surface area contributed by atoms with Crippen molar-refractivity contribution in [1.82, 2.24) is 0 Å². The number of fused-ring (bicyclic) bond motifs is 1. The highest BCUT2D eigenvalue weighted by molar-refractivity contribution is 6.27. The molecule has 1 heteroatoms. The monoisotopic (exact) mass is 470 g/mol. The number of rotatable bonds is 3. The summed E-state index contributed by atoms with van der Waals surface area (Å²) in [6.07, 6.45) is 0. The summed E-state index contributed by atoms with van der Waals surface area (Å²) in [5.41, 5.74) is 7.05. The predicted octanol–water partition coefficient (Wildman–Crippen LogP) is 10.3. The maximum absolute atomic E-state index is 6.30. The highest BCUT2D eigenvalue weighted by Crippen LogP contribution is 2.44. The first-order valence-corrected chi connectivity index (χ1v) is 12.7. The van der Waals surface area contributed by atoms with Crippen LogP contribution in [0.1, 0.15) is 0 Å². The average molecular weight is 471 g/mol. The van der Waals surface area contributed by atoms with Crippen LogP contribution in [0.5, 0.6) is 0 Å². The molecule has 0 spiro atoms. The molecule has 1 nitrogen and oxygen atoms in total. The number of hydrogen-bond donors (Lipinski definition) is 0. The number of para-hydroxylation sites is 1. The van der Waals surface area contributed by atoms with Crippen molar-refractivity contribution < 1.29 is 4.42 Å². The van der Waals surface area contributed by atoms with E-state index in [0.717, 1.165) is 22.3 Å². The van der Waals surface area contributed by atoms with Crippen LogP contribution in [0.3, 0.4) is 0 Å². The SMILES string of the molecule is c1ccc(-c2ccccc2-c2ccc3ccc4c(-c5cc6ccccc6o5)ccc5ccc2c3c54)cc1. The van der Waals surface area contributed by atoms with Crippen LogP contribution in [-0.2, 0) is 0 Å². The van der Waals surface area contributed by atoms with E-state index in [0.29, 0.717) is 0 Å². The van der Waals surface area contributed by atoms with Gasteiger partial charge in [0.2, 0.25) is 0 Å². The van der Waals surface area contributed by atoms with E-state index in [2.05, 4.69) is 121 Å². The molecule has 1 aromatic heterocycles. The van der Waals surface area contributed by atoms with E-state index in [-0.39, 0.29) is 0 Å². The van der Waals surface area contributed by atoms with E-state index in [1.165, 1.54) is 54.6 Å². The molecule has 0 N–H and O–H groups in total. The molecule has 0 aliphatic rings. The van der Waals surface area contributed by atoms with Crippen LogP contribution in [-0.4, -0.2) is 0 Å². The summed E-state index contributed by atoms with van der Waals surface area (Å²) >= 11 is 0. The summed E-state index contributed by atoms with van der Waals surface area (Å²) in [4.78, 5) is 0. The van der Waals surface area contributed by atoms with Crippen molar-refractivity contribution in [2.75, 3.05) is 0 Å². The summed E-state index contributed by atoms with van der Waals surface area (Å²) in [6.45, 7) is 0. The van der Waals surface area contributed by atoms with Gasteiger partial charge in [0.1, 0.15) is 11.3 Å². The van der Waals surface area contributed by atoms with Crippen LogP contribution in [0.15, 0.2) is 138 Å². The van der Waals surface area contributed by atoms with Gasteiger partial charge in [0.15, 0.2) is 0 Å². The molecule has 0 aliphatic carbocycles. The van der Waals surface area contributed by atoms with Crippen molar-refractivity contribution in [2.24, 2.45) is 0 Å². The average Bonchev–Trinajstić information content (AvgIpc) is 3.40. The molecule has 8 aromatic rings. The third-order valence-electron chi connectivity index (χ3n) is 7.66. The lowest BCUT2D eigenvalue weighted by Crippen LogP contribution is -1.90. The molecule has 0 radical (unpaired) electrons. The van der Waals surface area contributed by atoms with Crippen molar-refractivity contribution in [2.45, 2.75) is 0 Å². The van der Waals surface area contributed by atoms with Crippen LogP contribution in [0.2, 0.25) is 0 Å².